The minimum absolute atomic E-state index is 0.644. The van der Waals surface area contributed by atoms with Gasteiger partial charge in [-0.3, -0.25) is 0 Å². The van der Waals surface area contributed by atoms with Crippen LogP contribution in [0.5, 0.6) is 0 Å². The lowest BCUT2D eigenvalue weighted by Crippen LogP contribution is -1.78. The first kappa shape index (κ1) is 9.95. The fraction of sp³-hybridized carbons (Fsp3) is 0.444. The van der Waals surface area contributed by atoms with Crippen LogP contribution in [-0.4, -0.2) is 13.3 Å². The smallest absolute Gasteiger partial charge is 0.216 e. The monoisotopic (exact) mass is 153 g/mol. The summed E-state index contributed by atoms with van der Waals surface area (Å²) in [5.74, 6) is 0.644. The highest BCUT2D eigenvalue weighted by Crippen LogP contribution is 2.19. The lowest BCUT2D eigenvalue weighted by Gasteiger charge is -1.92. The second-order valence-corrected chi connectivity index (χ2v) is 1.79. The van der Waals surface area contributed by atoms with E-state index in [1.165, 1.54) is 0 Å². The molecule has 0 aromatic rings. The van der Waals surface area contributed by atoms with Gasteiger partial charge < -0.3 is 4.74 Å². The van der Waals surface area contributed by atoms with Crippen molar-refractivity contribution in [3.63, 3.8) is 0 Å². The molecule has 0 unspecified atom stereocenters. The van der Waals surface area contributed by atoms with Crippen molar-refractivity contribution in [3.8, 4) is 0 Å². The van der Waals surface area contributed by atoms with Gasteiger partial charge in [-0.2, -0.15) is 0 Å². The Morgan fingerprint density at radius 1 is 1.55 bits per heavy atom. The topological polar surface area (TPSA) is 21.6 Å². The predicted molar refractivity (Wildman–Crippen MR) is 48.7 cm³/mol. The molecule has 11 heavy (non-hydrogen) atoms. The van der Waals surface area contributed by atoms with Crippen molar-refractivity contribution in [2.75, 3.05) is 6.61 Å². The van der Waals surface area contributed by atoms with E-state index < -0.39 is 0 Å². The van der Waals surface area contributed by atoms with Crippen LogP contribution in [0.2, 0.25) is 0 Å². The van der Waals surface area contributed by atoms with Crippen molar-refractivity contribution >= 4 is 6.72 Å². The molecule has 1 aliphatic rings. The Morgan fingerprint density at radius 3 is 2.55 bits per heavy atom. The molecular formula is C9H15NO. The molecule has 62 valence electrons. The minimum atomic E-state index is 0.644. The zero-order valence-corrected chi connectivity index (χ0v) is 7.26. The molecule has 0 bridgehead atoms. The van der Waals surface area contributed by atoms with Crippen LogP contribution in [0, 0.1) is 0 Å². The summed E-state index contributed by atoms with van der Waals surface area (Å²) in [6.07, 6.45) is 2.68. The lowest BCUT2D eigenvalue weighted by molar-refractivity contribution is 0.243. The zero-order chi connectivity index (χ0) is 8.69. The van der Waals surface area contributed by atoms with E-state index in [2.05, 4.69) is 18.3 Å². The van der Waals surface area contributed by atoms with Gasteiger partial charge in [0.05, 0.1) is 6.61 Å². The molecule has 0 saturated heterocycles. The van der Waals surface area contributed by atoms with Gasteiger partial charge in [0.1, 0.15) is 0 Å². The second-order valence-electron chi connectivity index (χ2n) is 1.79. The van der Waals surface area contributed by atoms with Crippen molar-refractivity contribution in [1.82, 2.24) is 0 Å². The summed E-state index contributed by atoms with van der Waals surface area (Å²) in [6.45, 7) is 11.7. The van der Waals surface area contributed by atoms with Crippen molar-refractivity contribution in [1.29, 1.82) is 0 Å². The highest BCUT2D eigenvalue weighted by molar-refractivity contribution is 5.32. The van der Waals surface area contributed by atoms with Crippen molar-refractivity contribution < 1.29 is 4.74 Å². The van der Waals surface area contributed by atoms with Crippen LogP contribution in [0.15, 0.2) is 29.1 Å². The summed E-state index contributed by atoms with van der Waals surface area (Å²) in [6, 6.07) is 0. The van der Waals surface area contributed by atoms with Gasteiger partial charge in [0.25, 0.3) is 0 Å². The van der Waals surface area contributed by atoms with Gasteiger partial charge in [-0.25, -0.2) is 4.99 Å². The second kappa shape index (κ2) is 5.71. The van der Waals surface area contributed by atoms with E-state index in [0.717, 1.165) is 18.6 Å². The first-order valence-corrected chi connectivity index (χ1v) is 3.83. The summed E-state index contributed by atoms with van der Waals surface area (Å²) in [4.78, 5) is 3.68. The molecule has 1 aliphatic heterocycles. The van der Waals surface area contributed by atoms with Crippen molar-refractivity contribution in [2.45, 2.75) is 20.3 Å². The molecule has 2 nitrogen and oxygen atoms in total. The zero-order valence-electron chi connectivity index (χ0n) is 7.26. The molecule has 2 heteroatoms. The van der Waals surface area contributed by atoms with Crippen LogP contribution in [0.3, 0.4) is 0 Å². The number of nitrogens with zero attached hydrogens (tertiary/aromatic N) is 1. The third-order valence-corrected chi connectivity index (χ3v) is 1.27. The number of allylic oxidation sites excluding steroid dienone is 1. The van der Waals surface area contributed by atoms with Crippen molar-refractivity contribution in [2.24, 2.45) is 4.99 Å². The maximum Gasteiger partial charge on any atom is 0.216 e. The fourth-order valence-electron chi connectivity index (χ4n) is 0.794. The summed E-state index contributed by atoms with van der Waals surface area (Å²) in [5, 5.41) is 0. The van der Waals surface area contributed by atoms with E-state index in [4.69, 9.17) is 4.74 Å². The van der Waals surface area contributed by atoms with Gasteiger partial charge in [0.2, 0.25) is 5.88 Å². The number of ether oxygens (including phenoxy) is 1. The summed E-state index contributed by atoms with van der Waals surface area (Å²) in [7, 11) is 0. The Labute approximate surface area is 68.3 Å². The van der Waals surface area contributed by atoms with Gasteiger partial charge in [-0.05, 0) is 6.72 Å². The molecule has 0 atom stereocenters. The standard InChI is InChI=1S/C7H9NO.C2H6/c1-3-6-4-5-9-7(6)8-2;1-2/h3H,1-2,4-5H2;1-2H3. The highest BCUT2D eigenvalue weighted by atomic mass is 16.5. The van der Waals surface area contributed by atoms with Gasteiger partial charge in [-0.1, -0.05) is 26.5 Å². The number of aliphatic imine (C=N–C) groups is 1. The largest absolute Gasteiger partial charge is 0.477 e. The Hall–Kier alpha value is -1.05. The van der Waals surface area contributed by atoms with Crippen LogP contribution in [-0.2, 0) is 4.74 Å². The third-order valence-electron chi connectivity index (χ3n) is 1.27. The molecule has 0 spiro atoms. The van der Waals surface area contributed by atoms with E-state index in [1.54, 1.807) is 6.08 Å². The lowest BCUT2D eigenvalue weighted by atomic mass is 10.2. The third kappa shape index (κ3) is 2.58. The maximum atomic E-state index is 5.08. The Balaban J connectivity index is 0.000000461. The Morgan fingerprint density at radius 2 is 2.18 bits per heavy atom. The highest BCUT2D eigenvalue weighted by Gasteiger charge is 2.10. The number of hydrogen-bond acceptors (Lipinski definition) is 2. The summed E-state index contributed by atoms with van der Waals surface area (Å²) >= 11 is 0. The van der Waals surface area contributed by atoms with Crippen LogP contribution < -0.4 is 0 Å². The van der Waals surface area contributed by atoms with Gasteiger partial charge in [0.15, 0.2) is 0 Å². The first-order chi connectivity index (χ1) is 5.38. The molecular weight excluding hydrogens is 138 g/mol. The van der Waals surface area contributed by atoms with E-state index in [1.807, 2.05) is 13.8 Å². The molecule has 0 saturated carbocycles. The molecule has 0 amide bonds. The van der Waals surface area contributed by atoms with Crippen molar-refractivity contribution in [3.05, 3.63) is 24.1 Å². The molecule has 1 heterocycles. The fourth-order valence-corrected chi connectivity index (χ4v) is 0.794. The van der Waals surface area contributed by atoms with Crippen LogP contribution >= 0.6 is 0 Å². The molecule has 0 N–H and O–H groups in total. The Bertz CT molecular complexity index is 152. The quantitative estimate of drug-likeness (QED) is 0.558. The average Bonchev–Trinajstić information content (AvgIpc) is 2.54. The normalized spacial score (nSPS) is 14.7. The summed E-state index contributed by atoms with van der Waals surface area (Å²) < 4.78 is 5.08. The van der Waals surface area contributed by atoms with Gasteiger partial charge >= 0.3 is 0 Å². The first-order valence-electron chi connectivity index (χ1n) is 3.83. The molecule has 0 aliphatic carbocycles. The molecule has 0 aromatic carbocycles. The average molecular weight is 153 g/mol. The maximum absolute atomic E-state index is 5.08. The molecule has 0 radical (unpaired) electrons. The summed E-state index contributed by atoms with van der Waals surface area (Å²) in [5.41, 5.74) is 1.06. The minimum Gasteiger partial charge on any atom is -0.477 e. The van der Waals surface area contributed by atoms with E-state index in [9.17, 15) is 0 Å². The van der Waals surface area contributed by atoms with E-state index >= 15 is 0 Å². The van der Waals surface area contributed by atoms with Crippen LogP contribution in [0.1, 0.15) is 20.3 Å². The van der Waals surface area contributed by atoms with Crippen LogP contribution in [0.25, 0.3) is 0 Å². The number of rotatable bonds is 2. The van der Waals surface area contributed by atoms with Crippen LogP contribution in [0.4, 0.5) is 0 Å². The predicted octanol–water partition coefficient (Wildman–Crippen LogP) is 2.53. The Kier molecular flexibility index (Phi) is 5.17. The van der Waals surface area contributed by atoms with E-state index in [0.29, 0.717) is 5.88 Å². The van der Waals surface area contributed by atoms with Gasteiger partial charge in [-0.15, -0.1) is 0 Å². The molecule has 0 fully saturated rings. The molecule has 0 aromatic heterocycles. The molecule has 1 rings (SSSR count). The van der Waals surface area contributed by atoms with E-state index in [-0.39, 0.29) is 0 Å². The number of hydrogen-bond donors (Lipinski definition) is 0. The van der Waals surface area contributed by atoms with Gasteiger partial charge in [0, 0.05) is 12.0 Å². The SMILES string of the molecule is C=CC1=C(N=C)OCC1.CC.